The number of hydrazine groups is 1. The molecule has 0 radical (unpaired) electrons. The Kier molecular flexibility index (Phi) is 10.0. The van der Waals surface area contributed by atoms with E-state index >= 15 is 0 Å². The molecule has 2 atom stereocenters. The van der Waals surface area contributed by atoms with E-state index in [2.05, 4.69) is 33.0 Å². The van der Waals surface area contributed by atoms with Crippen molar-refractivity contribution in [1.82, 2.24) is 10.7 Å². The molecule has 0 saturated heterocycles. The Balaban J connectivity index is 4.34. The summed E-state index contributed by atoms with van der Waals surface area (Å²) in [7, 11) is 0. The van der Waals surface area contributed by atoms with Crippen LogP contribution in [-0.4, -0.2) is 24.9 Å². The van der Waals surface area contributed by atoms with Gasteiger partial charge in [-0.05, 0) is 36.6 Å². The second kappa shape index (κ2) is 10.6. The molecular formula is C16H34N4O2. The molecule has 0 heterocycles. The summed E-state index contributed by atoms with van der Waals surface area (Å²) in [6.45, 7) is 10.1. The maximum absolute atomic E-state index is 11.8. The Morgan fingerprint density at radius 2 is 1.73 bits per heavy atom. The first kappa shape index (κ1) is 20.9. The van der Waals surface area contributed by atoms with E-state index in [1.165, 1.54) is 0 Å². The summed E-state index contributed by atoms with van der Waals surface area (Å²) < 4.78 is 0. The van der Waals surface area contributed by atoms with Crippen LogP contribution in [0.3, 0.4) is 0 Å². The van der Waals surface area contributed by atoms with Crippen LogP contribution in [0, 0.1) is 17.3 Å². The fourth-order valence-electron chi connectivity index (χ4n) is 2.56. The Hall–Kier alpha value is -1.14. The first-order valence-corrected chi connectivity index (χ1v) is 8.20. The molecule has 0 fully saturated rings. The van der Waals surface area contributed by atoms with Crippen LogP contribution in [-0.2, 0) is 9.59 Å². The van der Waals surface area contributed by atoms with Gasteiger partial charge in [-0.15, -0.1) is 0 Å². The van der Waals surface area contributed by atoms with Gasteiger partial charge in [0.2, 0.25) is 11.8 Å². The van der Waals surface area contributed by atoms with Crippen molar-refractivity contribution in [2.45, 2.75) is 59.8 Å². The van der Waals surface area contributed by atoms with Crippen LogP contribution in [0.2, 0.25) is 0 Å². The van der Waals surface area contributed by atoms with E-state index in [1.807, 2.05) is 5.43 Å². The minimum Gasteiger partial charge on any atom is -0.356 e. The SMILES string of the molecule is CCCC(CNC(=O)CCC(=O)NN)CC(CN)C(C)(C)C. The van der Waals surface area contributed by atoms with E-state index in [4.69, 9.17) is 11.6 Å². The molecule has 2 unspecified atom stereocenters. The van der Waals surface area contributed by atoms with Crippen molar-refractivity contribution in [3.05, 3.63) is 0 Å². The van der Waals surface area contributed by atoms with Crippen LogP contribution < -0.4 is 22.3 Å². The molecule has 0 rings (SSSR count). The van der Waals surface area contributed by atoms with Gasteiger partial charge in [-0.25, -0.2) is 5.84 Å². The number of nitrogens with two attached hydrogens (primary N) is 2. The zero-order valence-corrected chi connectivity index (χ0v) is 14.6. The van der Waals surface area contributed by atoms with Gasteiger partial charge in [0, 0.05) is 19.4 Å². The van der Waals surface area contributed by atoms with E-state index in [0.29, 0.717) is 24.9 Å². The van der Waals surface area contributed by atoms with E-state index in [-0.39, 0.29) is 30.1 Å². The average Bonchev–Trinajstić information content (AvgIpc) is 2.45. The zero-order valence-electron chi connectivity index (χ0n) is 14.6. The third-order valence-electron chi connectivity index (χ3n) is 4.15. The van der Waals surface area contributed by atoms with Gasteiger partial charge in [0.25, 0.3) is 0 Å². The Morgan fingerprint density at radius 3 is 2.18 bits per heavy atom. The number of rotatable bonds is 10. The Morgan fingerprint density at radius 1 is 1.14 bits per heavy atom. The van der Waals surface area contributed by atoms with Crippen molar-refractivity contribution in [2.75, 3.05) is 13.1 Å². The van der Waals surface area contributed by atoms with Crippen molar-refractivity contribution in [1.29, 1.82) is 0 Å². The molecule has 0 aliphatic rings. The first-order chi connectivity index (χ1) is 10.2. The van der Waals surface area contributed by atoms with Gasteiger partial charge in [0.05, 0.1) is 0 Å². The van der Waals surface area contributed by atoms with Crippen LogP contribution in [0.15, 0.2) is 0 Å². The van der Waals surface area contributed by atoms with Crippen LogP contribution in [0.4, 0.5) is 0 Å². The smallest absolute Gasteiger partial charge is 0.234 e. The molecule has 2 amide bonds. The standard InChI is InChI=1S/C16H34N4O2/c1-5-6-12(9-13(10-17)16(2,3)4)11-19-14(21)7-8-15(22)20-18/h12-13H,5-11,17-18H2,1-4H3,(H,19,21)(H,20,22). The van der Waals surface area contributed by atoms with Gasteiger partial charge in [-0.3, -0.25) is 15.0 Å². The van der Waals surface area contributed by atoms with Crippen molar-refractivity contribution in [3.63, 3.8) is 0 Å². The highest BCUT2D eigenvalue weighted by atomic mass is 16.2. The fraction of sp³-hybridized carbons (Fsp3) is 0.875. The van der Waals surface area contributed by atoms with E-state index < -0.39 is 0 Å². The Labute approximate surface area is 134 Å². The molecule has 0 saturated carbocycles. The lowest BCUT2D eigenvalue weighted by Gasteiger charge is -2.33. The molecule has 0 aliphatic carbocycles. The second-order valence-corrected chi connectivity index (χ2v) is 7.06. The van der Waals surface area contributed by atoms with Crippen molar-refractivity contribution in [2.24, 2.45) is 28.8 Å². The predicted octanol–water partition coefficient (Wildman–Crippen LogP) is 1.30. The lowest BCUT2D eigenvalue weighted by atomic mass is 9.75. The molecule has 6 heteroatoms. The molecule has 0 aromatic carbocycles. The van der Waals surface area contributed by atoms with Gasteiger partial charge < -0.3 is 11.1 Å². The van der Waals surface area contributed by atoms with Crippen LogP contribution in [0.1, 0.15) is 59.8 Å². The van der Waals surface area contributed by atoms with Crippen molar-refractivity contribution >= 4 is 11.8 Å². The van der Waals surface area contributed by atoms with Gasteiger partial charge in [-0.2, -0.15) is 0 Å². The van der Waals surface area contributed by atoms with Gasteiger partial charge >= 0.3 is 0 Å². The lowest BCUT2D eigenvalue weighted by molar-refractivity contribution is -0.126. The summed E-state index contributed by atoms with van der Waals surface area (Å²) in [4.78, 5) is 22.8. The molecule has 6 N–H and O–H groups in total. The average molecular weight is 314 g/mol. The van der Waals surface area contributed by atoms with E-state index in [9.17, 15) is 9.59 Å². The highest BCUT2D eigenvalue weighted by Crippen LogP contribution is 2.31. The number of hydrogen-bond acceptors (Lipinski definition) is 4. The number of carbonyl (C=O) groups is 2. The topological polar surface area (TPSA) is 110 Å². The summed E-state index contributed by atoms with van der Waals surface area (Å²) in [6.07, 6.45) is 3.45. The summed E-state index contributed by atoms with van der Waals surface area (Å²) >= 11 is 0. The van der Waals surface area contributed by atoms with Gasteiger partial charge in [-0.1, -0.05) is 34.1 Å². The third kappa shape index (κ3) is 9.00. The van der Waals surface area contributed by atoms with Crippen molar-refractivity contribution in [3.8, 4) is 0 Å². The Bertz CT molecular complexity index is 340. The monoisotopic (exact) mass is 314 g/mol. The molecule has 0 bridgehead atoms. The zero-order chi connectivity index (χ0) is 17.2. The summed E-state index contributed by atoms with van der Waals surface area (Å²) in [6, 6.07) is 0. The number of hydrogen-bond donors (Lipinski definition) is 4. The molecule has 130 valence electrons. The maximum atomic E-state index is 11.8. The lowest BCUT2D eigenvalue weighted by Crippen LogP contribution is -2.36. The van der Waals surface area contributed by atoms with Crippen LogP contribution >= 0.6 is 0 Å². The number of nitrogens with one attached hydrogen (secondary N) is 2. The van der Waals surface area contributed by atoms with Crippen LogP contribution in [0.5, 0.6) is 0 Å². The highest BCUT2D eigenvalue weighted by Gasteiger charge is 2.26. The van der Waals surface area contributed by atoms with E-state index in [1.54, 1.807) is 0 Å². The summed E-state index contributed by atoms with van der Waals surface area (Å²) in [5, 5.41) is 2.93. The second-order valence-electron chi connectivity index (χ2n) is 7.06. The minimum absolute atomic E-state index is 0.107. The normalized spacial score (nSPS) is 14.3. The maximum Gasteiger partial charge on any atom is 0.234 e. The molecule has 0 aromatic heterocycles. The third-order valence-corrected chi connectivity index (χ3v) is 4.15. The minimum atomic E-state index is -0.323. The molecular weight excluding hydrogens is 280 g/mol. The largest absolute Gasteiger partial charge is 0.356 e. The van der Waals surface area contributed by atoms with Crippen molar-refractivity contribution < 1.29 is 9.59 Å². The number of amides is 2. The van der Waals surface area contributed by atoms with E-state index in [0.717, 1.165) is 19.3 Å². The number of carbonyl (C=O) groups excluding carboxylic acids is 2. The summed E-state index contributed by atoms with van der Waals surface area (Å²) in [5.74, 6) is 5.41. The molecule has 0 spiro atoms. The molecule has 6 nitrogen and oxygen atoms in total. The predicted molar refractivity (Wildman–Crippen MR) is 89.6 cm³/mol. The highest BCUT2D eigenvalue weighted by molar-refractivity contribution is 5.83. The van der Waals surface area contributed by atoms with Gasteiger partial charge in [0.15, 0.2) is 0 Å². The quantitative estimate of drug-likeness (QED) is 0.277. The fourth-order valence-corrected chi connectivity index (χ4v) is 2.56. The molecule has 0 aromatic rings. The van der Waals surface area contributed by atoms with Gasteiger partial charge in [0.1, 0.15) is 0 Å². The summed E-state index contributed by atoms with van der Waals surface area (Å²) in [5.41, 5.74) is 8.11. The molecule has 0 aliphatic heterocycles. The van der Waals surface area contributed by atoms with Crippen LogP contribution in [0.25, 0.3) is 0 Å². The first-order valence-electron chi connectivity index (χ1n) is 8.20. The molecule has 22 heavy (non-hydrogen) atoms.